The molecule has 0 aromatic heterocycles. The van der Waals surface area contributed by atoms with E-state index in [0.29, 0.717) is 15.8 Å². The molecule has 2 aromatic carbocycles. The van der Waals surface area contributed by atoms with Crippen LogP contribution in [-0.4, -0.2) is 37.2 Å². The summed E-state index contributed by atoms with van der Waals surface area (Å²) in [7, 11) is -3.04. The number of hydrogen-bond acceptors (Lipinski definition) is 5. The van der Waals surface area contributed by atoms with Gasteiger partial charge in [0.05, 0.1) is 33.6 Å². The molecule has 0 unspecified atom stereocenters. The molecule has 136 valence electrons. The molecular weight excluding hydrogens is 411 g/mol. The van der Waals surface area contributed by atoms with Gasteiger partial charge in [-0.1, -0.05) is 59.2 Å². The first kappa shape index (κ1) is 18.2. The van der Waals surface area contributed by atoms with Crippen LogP contribution in [0.2, 0.25) is 10.0 Å². The van der Waals surface area contributed by atoms with Crippen molar-refractivity contribution in [2.24, 2.45) is 4.99 Å². The lowest BCUT2D eigenvalue weighted by Gasteiger charge is -2.26. The molecule has 4 rings (SSSR count). The van der Waals surface area contributed by atoms with Crippen molar-refractivity contribution in [3.8, 4) is 0 Å². The summed E-state index contributed by atoms with van der Waals surface area (Å²) in [5, 5.41) is 1.91. The molecule has 26 heavy (non-hydrogen) atoms. The van der Waals surface area contributed by atoms with Gasteiger partial charge in [-0.3, -0.25) is 4.99 Å². The number of fused-ring (bicyclic) bond motifs is 1. The zero-order valence-corrected chi connectivity index (χ0v) is 16.8. The van der Waals surface area contributed by atoms with Crippen LogP contribution in [-0.2, 0) is 15.6 Å². The second-order valence-electron chi connectivity index (χ2n) is 6.37. The van der Waals surface area contributed by atoms with E-state index >= 15 is 0 Å². The summed E-state index contributed by atoms with van der Waals surface area (Å²) in [6.45, 7) is 0. The Balaban J connectivity index is 1.59. The van der Waals surface area contributed by atoms with E-state index in [1.165, 1.54) is 0 Å². The van der Waals surface area contributed by atoms with Crippen molar-refractivity contribution in [2.45, 2.75) is 17.8 Å². The molecule has 0 aliphatic carbocycles. The van der Waals surface area contributed by atoms with Crippen molar-refractivity contribution < 1.29 is 8.42 Å². The van der Waals surface area contributed by atoms with Crippen LogP contribution in [0.25, 0.3) is 0 Å². The number of sulfone groups is 1. The van der Waals surface area contributed by atoms with E-state index in [4.69, 9.17) is 28.2 Å². The summed E-state index contributed by atoms with van der Waals surface area (Å²) in [5.74, 6) is 0.954. The monoisotopic (exact) mass is 426 g/mol. The second-order valence-corrected chi connectivity index (χ2v) is 10.3. The van der Waals surface area contributed by atoms with Gasteiger partial charge in [0.25, 0.3) is 0 Å². The molecule has 2 aliphatic rings. The molecule has 4 nitrogen and oxygen atoms in total. The van der Waals surface area contributed by atoms with Gasteiger partial charge in [0.2, 0.25) is 0 Å². The Kier molecular flexibility index (Phi) is 4.94. The number of anilines is 1. The summed E-state index contributed by atoms with van der Waals surface area (Å²) in [4.78, 5) is 6.79. The summed E-state index contributed by atoms with van der Waals surface area (Å²) in [5.41, 5.74) is 2.02. The van der Waals surface area contributed by atoms with Crippen molar-refractivity contribution in [1.82, 2.24) is 0 Å². The molecule has 0 bridgehead atoms. The highest BCUT2D eigenvalue weighted by Crippen LogP contribution is 2.36. The maximum Gasteiger partial charge on any atom is 0.164 e. The van der Waals surface area contributed by atoms with E-state index in [0.717, 1.165) is 16.4 Å². The van der Waals surface area contributed by atoms with Crippen molar-refractivity contribution in [1.29, 1.82) is 0 Å². The minimum absolute atomic E-state index is 0.123. The van der Waals surface area contributed by atoms with Crippen molar-refractivity contribution in [2.75, 3.05) is 16.4 Å². The van der Waals surface area contributed by atoms with Crippen molar-refractivity contribution >= 4 is 55.7 Å². The highest BCUT2D eigenvalue weighted by Gasteiger charge is 2.47. The van der Waals surface area contributed by atoms with E-state index in [-0.39, 0.29) is 23.6 Å². The second kappa shape index (κ2) is 7.08. The quantitative estimate of drug-likeness (QED) is 0.734. The summed E-state index contributed by atoms with van der Waals surface area (Å²) in [6.07, 6.45) is 0. The Morgan fingerprint density at radius 1 is 1.08 bits per heavy atom. The molecular formula is C18H16Cl2N2O2S2. The Morgan fingerprint density at radius 2 is 1.85 bits per heavy atom. The van der Waals surface area contributed by atoms with E-state index < -0.39 is 9.84 Å². The third-order valence-electron chi connectivity index (χ3n) is 4.49. The highest BCUT2D eigenvalue weighted by atomic mass is 35.5. The molecule has 0 radical (unpaired) electrons. The fraction of sp³-hybridized carbons (Fsp3) is 0.278. The fourth-order valence-electron chi connectivity index (χ4n) is 3.30. The smallest absolute Gasteiger partial charge is 0.164 e. The van der Waals surface area contributed by atoms with Crippen LogP contribution in [0.5, 0.6) is 0 Å². The van der Waals surface area contributed by atoms with Gasteiger partial charge in [-0.05, 0) is 29.8 Å². The first-order chi connectivity index (χ1) is 12.4. The maximum atomic E-state index is 12.0. The van der Waals surface area contributed by atoms with Gasteiger partial charge in [-0.15, -0.1) is 0 Å². The van der Waals surface area contributed by atoms with Crippen LogP contribution in [0.4, 0.5) is 5.69 Å². The average molecular weight is 427 g/mol. The number of amidine groups is 1. The molecule has 2 aromatic rings. The molecule has 2 atom stereocenters. The first-order valence-electron chi connectivity index (χ1n) is 8.12. The van der Waals surface area contributed by atoms with Crippen molar-refractivity contribution in [3.05, 3.63) is 64.1 Å². The van der Waals surface area contributed by atoms with Gasteiger partial charge in [0.15, 0.2) is 15.0 Å². The van der Waals surface area contributed by atoms with Gasteiger partial charge in [0.1, 0.15) is 0 Å². The molecule has 0 saturated carbocycles. The Bertz CT molecular complexity index is 964. The van der Waals surface area contributed by atoms with Crippen LogP contribution in [0.3, 0.4) is 0 Å². The lowest BCUT2D eigenvalue weighted by atomic mass is 10.1. The molecule has 1 saturated heterocycles. The average Bonchev–Trinajstić information content (AvgIpc) is 3.07. The normalized spacial score (nSPS) is 23.8. The lowest BCUT2D eigenvalue weighted by Crippen LogP contribution is -2.39. The summed E-state index contributed by atoms with van der Waals surface area (Å²) >= 11 is 13.7. The fourth-order valence-corrected chi connectivity index (χ4v) is 6.53. The van der Waals surface area contributed by atoms with Crippen LogP contribution in [0.15, 0.2) is 53.5 Å². The maximum absolute atomic E-state index is 12.0. The topological polar surface area (TPSA) is 49.7 Å². The van der Waals surface area contributed by atoms with Crippen LogP contribution in [0.1, 0.15) is 5.56 Å². The summed E-state index contributed by atoms with van der Waals surface area (Å²) in [6, 6.07) is 15.1. The summed E-state index contributed by atoms with van der Waals surface area (Å²) < 4.78 is 24.1. The molecule has 8 heteroatoms. The number of thioether (sulfide) groups is 1. The van der Waals surface area contributed by atoms with Crippen LogP contribution >= 0.6 is 35.0 Å². The standard InChI is InChI=1S/C18H16Cl2N2O2S2/c19-14-7-6-12(8-15(14)20)9-25-18-21-16-10-26(23,24)11-17(16)22(18)13-4-2-1-3-5-13/h1-8,16-17H,9-11H2/t16-,17+/m0/s1. The van der Waals surface area contributed by atoms with Gasteiger partial charge < -0.3 is 4.90 Å². The third kappa shape index (κ3) is 3.60. The van der Waals surface area contributed by atoms with Gasteiger partial charge in [0, 0.05) is 11.4 Å². The molecule has 2 aliphatic heterocycles. The first-order valence-corrected chi connectivity index (χ1v) is 11.7. The number of rotatable bonds is 3. The van der Waals surface area contributed by atoms with Crippen LogP contribution in [0, 0.1) is 0 Å². The number of halogens is 2. The molecule has 0 spiro atoms. The largest absolute Gasteiger partial charge is 0.315 e. The van der Waals surface area contributed by atoms with Crippen LogP contribution < -0.4 is 4.90 Å². The Labute approximate surface area is 167 Å². The predicted molar refractivity (Wildman–Crippen MR) is 110 cm³/mol. The molecule has 0 amide bonds. The zero-order chi connectivity index (χ0) is 18.3. The predicted octanol–water partition coefficient (Wildman–Crippen LogP) is 4.27. The minimum atomic E-state index is -3.04. The van der Waals surface area contributed by atoms with Crippen molar-refractivity contribution in [3.63, 3.8) is 0 Å². The van der Waals surface area contributed by atoms with E-state index in [1.807, 2.05) is 42.5 Å². The minimum Gasteiger partial charge on any atom is -0.315 e. The van der Waals surface area contributed by atoms with Gasteiger partial charge in [-0.2, -0.15) is 0 Å². The van der Waals surface area contributed by atoms with Gasteiger partial charge in [-0.25, -0.2) is 8.42 Å². The zero-order valence-electron chi connectivity index (χ0n) is 13.7. The lowest BCUT2D eigenvalue weighted by molar-refractivity contribution is 0.601. The van der Waals surface area contributed by atoms with Gasteiger partial charge >= 0.3 is 0 Å². The molecule has 1 fully saturated rings. The Hall–Kier alpha value is -1.21. The van der Waals surface area contributed by atoms with E-state index in [9.17, 15) is 8.42 Å². The number of hydrogen-bond donors (Lipinski definition) is 0. The molecule has 0 N–H and O–H groups in total. The van der Waals surface area contributed by atoms with E-state index in [1.54, 1.807) is 17.8 Å². The number of nitrogens with zero attached hydrogens (tertiary/aromatic N) is 2. The SMILES string of the molecule is O=S1(=O)C[C@@H]2N=C(SCc3ccc(Cl)c(Cl)c3)N(c3ccccc3)[C@@H]2C1. The number of para-hydroxylation sites is 1. The highest BCUT2D eigenvalue weighted by molar-refractivity contribution is 8.13. The number of benzene rings is 2. The Morgan fingerprint density at radius 3 is 2.58 bits per heavy atom. The third-order valence-corrected chi connectivity index (χ3v) is 7.97. The number of aliphatic imine (C=N–C) groups is 1. The molecule has 2 heterocycles. The van der Waals surface area contributed by atoms with E-state index in [2.05, 4.69) is 4.90 Å².